The van der Waals surface area contributed by atoms with Gasteiger partial charge in [0.25, 0.3) is 5.91 Å². The summed E-state index contributed by atoms with van der Waals surface area (Å²) < 4.78 is 2.39. The lowest BCUT2D eigenvalue weighted by molar-refractivity contribution is 0.0707. The molecule has 0 aliphatic carbocycles. The normalized spacial score (nSPS) is 18.2. The number of rotatable bonds is 2. The Hall–Kier alpha value is -2.01. The minimum atomic E-state index is -0.127. The van der Waals surface area contributed by atoms with Gasteiger partial charge >= 0.3 is 0 Å². The number of amides is 1. The first-order chi connectivity index (χ1) is 12.1. The van der Waals surface area contributed by atoms with Crippen molar-refractivity contribution in [2.75, 3.05) is 13.1 Å². The van der Waals surface area contributed by atoms with Crippen molar-refractivity contribution >= 4 is 17.5 Å². The molecule has 0 saturated carbocycles. The SMILES string of the molecule is O=C(c1ccc(Cl)cc1O)N1CCC(c2ncc3n2CCCC3)CC1. The molecule has 1 amide bonds. The molecule has 132 valence electrons. The summed E-state index contributed by atoms with van der Waals surface area (Å²) in [7, 11) is 0. The summed E-state index contributed by atoms with van der Waals surface area (Å²) in [5, 5.41) is 10.4. The molecule has 0 atom stereocenters. The number of piperidine rings is 1. The van der Waals surface area contributed by atoms with Gasteiger partial charge in [0.2, 0.25) is 0 Å². The second-order valence-electron chi connectivity index (χ2n) is 6.94. The van der Waals surface area contributed by atoms with Gasteiger partial charge in [-0.3, -0.25) is 4.79 Å². The van der Waals surface area contributed by atoms with Crippen LogP contribution in [0.3, 0.4) is 0 Å². The second kappa shape index (κ2) is 6.71. The van der Waals surface area contributed by atoms with E-state index in [4.69, 9.17) is 11.6 Å². The maximum absolute atomic E-state index is 12.7. The number of phenolic OH excluding ortho intramolecular Hbond substituents is 1. The van der Waals surface area contributed by atoms with Gasteiger partial charge in [-0.1, -0.05) is 11.6 Å². The topological polar surface area (TPSA) is 58.4 Å². The molecule has 2 aromatic rings. The number of hydrogen-bond donors (Lipinski definition) is 1. The fourth-order valence-electron chi connectivity index (χ4n) is 3.98. The number of aromatic hydroxyl groups is 1. The monoisotopic (exact) mass is 359 g/mol. The average molecular weight is 360 g/mol. The molecule has 1 saturated heterocycles. The first-order valence-electron chi connectivity index (χ1n) is 8.95. The van der Waals surface area contributed by atoms with Gasteiger partial charge in [-0.15, -0.1) is 0 Å². The summed E-state index contributed by atoms with van der Waals surface area (Å²) in [6.45, 7) is 2.45. The number of fused-ring (bicyclic) bond motifs is 1. The molecular formula is C19H22ClN3O2. The van der Waals surface area contributed by atoms with E-state index < -0.39 is 0 Å². The molecule has 1 fully saturated rings. The molecular weight excluding hydrogens is 338 g/mol. The largest absolute Gasteiger partial charge is 0.507 e. The predicted molar refractivity (Wildman–Crippen MR) is 96.2 cm³/mol. The molecule has 0 radical (unpaired) electrons. The highest BCUT2D eigenvalue weighted by Crippen LogP contribution is 2.31. The fourth-order valence-corrected chi connectivity index (χ4v) is 4.15. The van der Waals surface area contributed by atoms with Crippen molar-refractivity contribution in [1.82, 2.24) is 14.5 Å². The van der Waals surface area contributed by atoms with Crippen LogP contribution in [0.2, 0.25) is 5.02 Å². The van der Waals surface area contributed by atoms with Crippen molar-refractivity contribution in [3.8, 4) is 5.75 Å². The van der Waals surface area contributed by atoms with E-state index in [0.717, 1.165) is 25.8 Å². The third-order valence-corrected chi connectivity index (χ3v) is 5.61. The van der Waals surface area contributed by atoms with Gasteiger partial charge in [0.15, 0.2) is 0 Å². The minimum absolute atomic E-state index is 0.0538. The summed E-state index contributed by atoms with van der Waals surface area (Å²) >= 11 is 5.85. The van der Waals surface area contributed by atoms with E-state index in [1.807, 2.05) is 11.1 Å². The van der Waals surface area contributed by atoms with Gasteiger partial charge in [-0.25, -0.2) is 4.98 Å². The Bertz CT molecular complexity index is 794. The number of carbonyl (C=O) groups is 1. The van der Waals surface area contributed by atoms with E-state index >= 15 is 0 Å². The van der Waals surface area contributed by atoms with Crippen molar-refractivity contribution in [1.29, 1.82) is 0 Å². The van der Waals surface area contributed by atoms with Crippen LogP contribution in [0.15, 0.2) is 24.4 Å². The summed E-state index contributed by atoms with van der Waals surface area (Å²) in [5.74, 6) is 1.42. The number of likely N-dealkylation sites (tertiary alicyclic amines) is 1. The first kappa shape index (κ1) is 16.5. The summed E-state index contributed by atoms with van der Waals surface area (Å²) in [6, 6.07) is 4.65. The van der Waals surface area contributed by atoms with Crippen molar-refractivity contribution in [3.05, 3.63) is 46.5 Å². The zero-order valence-electron chi connectivity index (χ0n) is 14.1. The standard InChI is InChI=1S/C19H22ClN3O2/c20-14-4-5-16(17(24)11-14)19(25)22-9-6-13(7-10-22)18-21-12-15-3-1-2-8-23(15)18/h4-5,11-13,24H,1-3,6-10H2. The van der Waals surface area contributed by atoms with E-state index in [1.54, 1.807) is 12.1 Å². The van der Waals surface area contributed by atoms with Crippen molar-refractivity contribution in [3.63, 3.8) is 0 Å². The van der Waals surface area contributed by atoms with Gasteiger partial charge in [0, 0.05) is 42.5 Å². The predicted octanol–water partition coefficient (Wildman–Crippen LogP) is 3.60. The molecule has 0 spiro atoms. The zero-order valence-corrected chi connectivity index (χ0v) is 14.9. The summed E-state index contributed by atoms with van der Waals surface area (Å²) in [4.78, 5) is 19.2. The van der Waals surface area contributed by atoms with Crippen LogP contribution in [-0.4, -0.2) is 38.6 Å². The van der Waals surface area contributed by atoms with E-state index in [2.05, 4.69) is 9.55 Å². The number of nitrogens with zero attached hydrogens (tertiary/aromatic N) is 3. The van der Waals surface area contributed by atoms with Gasteiger partial charge < -0.3 is 14.6 Å². The number of benzene rings is 1. The molecule has 2 aliphatic rings. The summed E-state index contributed by atoms with van der Waals surface area (Å²) in [5.41, 5.74) is 1.67. The Labute approximate surface area is 152 Å². The van der Waals surface area contributed by atoms with Gasteiger partial charge in [0.05, 0.1) is 5.56 Å². The van der Waals surface area contributed by atoms with Crippen LogP contribution >= 0.6 is 11.6 Å². The molecule has 4 rings (SSSR count). The highest BCUT2D eigenvalue weighted by atomic mass is 35.5. The Kier molecular flexibility index (Phi) is 4.42. The van der Waals surface area contributed by atoms with Gasteiger partial charge in [0.1, 0.15) is 11.6 Å². The number of halogens is 1. The lowest BCUT2D eigenvalue weighted by Gasteiger charge is -2.32. The van der Waals surface area contributed by atoms with Crippen molar-refractivity contribution in [2.24, 2.45) is 0 Å². The maximum atomic E-state index is 12.7. The molecule has 1 N–H and O–H groups in total. The van der Waals surface area contributed by atoms with E-state index in [-0.39, 0.29) is 11.7 Å². The fraction of sp³-hybridized carbons (Fsp3) is 0.474. The average Bonchev–Trinajstić information content (AvgIpc) is 3.05. The molecule has 25 heavy (non-hydrogen) atoms. The second-order valence-corrected chi connectivity index (χ2v) is 7.38. The maximum Gasteiger partial charge on any atom is 0.257 e. The highest BCUT2D eigenvalue weighted by Gasteiger charge is 2.29. The summed E-state index contributed by atoms with van der Waals surface area (Å²) in [6.07, 6.45) is 7.46. The Morgan fingerprint density at radius 2 is 2.00 bits per heavy atom. The van der Waals surface area contributed by atoms with Crippen molar-refractivity contribution in [2.45, 2.75) is 44.6 Å². The van der Waals surface area contributed by atoms with Gasteiger partial charge in [-0.2, -0.15) is 0 Å². The van der Waals surface area contributed by atoms with E-state index in [9.17, 15) is 9.90 Å². The van der Waals surface area contributed by atoms with Crippen LogP contribution in [0.4, 0.5) is 0 Å². The van der Waals surface area contributed by atoms with E-state index in [1.165, 1.54) is 30.4 Å². The Morgan fingerprint density at radius 1 is 1.20 bits per heavy atom. The quantitative estimate of drug-likeness (QED) is 0.891. The molecule has 0 bridgehead atoms. The van der Waals surface area contributed by atoms with Crippen LogP contribution in [0, 0.1) is 0 Å². The van der Waals surface area contributed by atoms with Crippen LogP contribution in [-0.2, 0) is 13.0 Å². The molecule has 1 aromatic heterocycles. The van der Waals surface area contributed by atoms with E-state index in [0.29, 0.717) is 29.6 Å². The first-order valence-corrected chi connectivity index (χ1v) is 9.33. The third-order valence-electron chi connectivity index (χ3n) is 5.37. The number of aromatic nitrogens is 2. The lowest BCUT2D eigenvalue weighted by atomic mass is 9.95. The molecule has 6 heteroatoms. The Balaban J connectivity index is 1.44. The lowest BCUT2D eigenvalue weighted by Crippen LogP contribution is -2.38. The minimum Gasteiger partial charge on any atom is -0.507 e. The molecule has 2 aliphatic heterocycles. The molecule has 0 unspecified atom stereocenters. The number of phenols is 1. The van der Waals surface area contributed by atoms with Gasteiger partial charge in [-0.05, 0) is 50.3 Å². The third kappa shape index (κ3) is 3.13. The number of imidazole rings is 1. The molecule has 1 aromatic carbocycles. The Morgan fingerprint density at radius 3 is 2.76 bits per heavy atom. The van der Waals surface area contributed by atoms with Crippen molar-refractivity contribution < 1.29 is 9.90 Å². The van der Waals surface area contributed by atoms with Crippen LogP contribution in [0.5, 0.6) is 5.75 Å². The van der Waals surface area contributed by atoms with Crippen LogP contribution in [0.1, 0.15) is 53.5 Å². The number of hydrogen-bond acceptors (Lipinski definition) is 3. The number of carbonyl (C=O) groups excluding carboxylic acids is 1. The van der Waals surface area contributed by atoms with Crippen LogP contribution < -0.4 is 0 Å². The highest BCUT2D eigenvalue weighted by molar-refractivity contribution is 6.30. The molecule has 3 heterocycles. The van der Waals surface area contributed by atoms with Crippen LogP contribution in [0.25, 0.3) is 0 Å². The molecule has 5 nitrogen and oxygen atoms in total. The number of aryl methyl sites for hydroxylation is 1. The smallest absolute Gasteiger partial charge is 0.257 e. The zero-order chi connectivity index (χ0) is 17.4.